The first-order chi connectivity index (χ1) is 9.87. The largest absolute Gasteiger partial charge is 0.308 e. The predicted octanol–water partition coefficient (Wildman–Crippen LogP) is 5.06. The van der Waals surface area contributed by atoms with Gasteiger partial charge in [0.25, 0.3) is 0 Å². The fourth-order valence-corrected chi connectivity index (χ4v) is 4.59. The van der Waals surface area contributed by atoms with E-state index in [9.17, 15) is 0 Å². The summed E-state index contributed by atoms with van der Waals surface area (Å²) in [6, 6.07) is 6.45. The van der Waals surface area contributed by atoms with Crippen molar-refractivity contribution in [2.45, 2.75) is 46.4 Å². The molecule has 0 atom stereocenters. The van der Waals surface area contributed by atoms with Crippen LogP contribution in [0.5, 0.6) is 0 Å². The van der Waals surface area contributed by atoms with Gasteiger partial charge in [-0.25, -0.2) is 0 Å². The highest BCUT2D eigenvalue weighted by atomic mass is 79.9. The molecule has 7 heteroatoms. The number of hydrogen-bond donors (Lipinski definition) is 1. The van der Waals surface area contributed by atoms with Crippen molar-refractivity contribution in [3.8, 4) is 0 Å². The highest BCUT2D eigenvalue weighted by Gasteiger charge is 2.11. The molecule has 0 radical (unpaired) electrons. The maximum absolute atomic E-state index is 4.19. The van der Waals surface area contributed by atoms with Gasteiger partial charge in [-0.3, -0.25) is 0 Å². The molecule has 1 N–H and O–H groups in total. The van der Waals surface area contributed by atoms with Gasteiger partial charge in [-0.15, -0.1) is 10.2 Å². The lowest BCUT2D eigenvalue weighted by atomic mass is 10.1. The molecule has 2 aromatic rings. The molecule has 1 aromatic heterocycles. The minimum absolute atomic E-state index is 0.126. The molecule has 2 rings (SSSR count). The van der Waals surface area contributed by atoms with Crippen LogP contribution in [0.2, 0.25) is 0 Å². The Labute approximate surface area is 146 Å². The summed E-state index contributed by atoms with van der Waals surface area (Å²) >= 11 is 8.55. The Morgan fingerprint density at radius 1 is 1.24 bits per heavy atom. The van der Waals surface area contributed by atoms with Crippen molar-refractivity contribution >= 4 is 50.8 Å². The van der Waals surface area contributed by atoms with E-state index in [0.717, 1.165) is 19.7 Å². The van der Waals surface area contributed by atoms with Crippen molar-refractivity contribution in [3.05, 3.63) is 28.2 Å². The monoisotopic (exact) mass is 403 g/mol. The van der Waals surface area contributed by atoms with Crippen LogP contribution in [-0.2, 0) is 6.54 Å². The molecule has 1 heterocycles. The van der Waals surface area contributed by atoms with Gasteiger partial charge in [0.2, 0.25) is 0 Å². The van der Waals surface area contributed by atoms with Crippen molar-refractivity contribution in [3.63, 3.8) is 0 Å². The van der Waals surface area contributed by atoms with Gasteiger partial charge in [0.15, 0.2) is 8.68 Å². The van der Waals surface area contributed by atoms with Gasteiger partial charge in [0.05, 0.1) is 0 Å². The molecule has 0 spiro atoms. The van der Waals surface area contributed by atoms with Crippen molar-refractivity contribution in [2.75, 3.05) is 6.26 Å². The summed E-state index contributed by atoms with van der Waals surface area (Å²) in [5.41, 5.74) is 1.39. The van der Waals surface area contributed by atoms with E-state index >= 15 is 0 Å². The van der Waals surface area contributed by atoms with Crippen LogP contribution in [0.25, 0.3) is 0 Å². The Morgan fingerprint density at radius 2 is 1.95 bits per heavy atom. The van der Waals surface area contributed by atoms with Crippen molar-refractivity contribution in [1.82, 2.24) is 15.5 Å². The second kappa shape index (κ2) is 7.46. The number of nitrogens with one attached hydrogen (secondary N) is 1. The van der Waals surface area contributed by atoms with Crippen LogP contribution >= 0.6 is 50.8 Å². The Bertz CT molecular complexity index is 608. The quantitative estimate of drug-likeness (QED) is 0.705. The van der Waals surface area contributed by atoms with Gasteiger partial charge >= 0.3 is 0 Å². The van der Waals surface area contributed by atoms with E-state index in [1.807, 2.05) is 6.26 Å². The Balaban J connectivity index is 2.05. The predicted molar refractivity (Wildman–Crippen MR) is 96.5 cm³/mol. The molecule has 1 aromatic carbocycles. The molecule has 21 heavy (non-hydrogen) atoms. The molecule has 0 aliphatic rings. The fraction of sp³-hybridized carbons (Fsp3) is 0.429. The molecule has 114 valence electrons. The normalized spacial score (nSPS) is 11.9. The molecule has 0 bridgehead atoms. The SMILES string of the molecule is CSc1nnc(Sc2ccc(CNC(C)(C)C)cc2Br)s1. The second-order valence-electron chi connectivity index (χ2n) is 5.51. The number of rotatable bonds is 5. The molecule has 0 aliphatic heterocycles. The highest BCUT2D eigenvalue weighted by Crippen LogP contribution is 2.36. The average Bonchev–Trinajstić information content (AvgIpc) is 2.86. The summed E-state index contributed by atoms with van der Waals surface area (Å²) in [5, 5.41) is 11.8. The third-order valence-corrected chi connectivity index (χ3v) is 6.52. The maximum atomic E-state index is 4.19. The highest BCUT2D eigenvalue weighted by molar-refractivity contribution is 9.10. The number of halogens is 1. The van der Waals surface area contributed by atoms with Crippen LogP contribution in [0.4, 0.5) is 0 Å². The summed E-state index contributed by atoms with van der Waals surface area (Å²) < 4.78 is 3.07. The van der Waals surface area contributed by atoms with Crippen LogP contribution in [0.15, 0.2) is 36.2 Å². The molecular formula is C14H18BrN3S3. The Hall–Kier alpha value is -0.0800. The van der Waals surface area contributed by atoms with Crippen LogP contribution < -0.4 is 5.32 Å². The van der Waals surface area contributed by atoms with Crippen LogP contribution in [-0.4, -0.2) is 22.0 Å². The average molecular weight is 404 g/mol. The van der Waals surface area contributed by atoms with E-state index in [1.54, 1.807) is 34.9 Å². The molecule has 0 saturated heterocycles. The zero-order valence-electron chi connectivity index (χ0n) is 12.4. The van der Waals surface area contributed by atoms with Crippen molar-refractivity contribution in [2.24, 2.45) is 0 Å². The topological polar surface area (TPSA) is 37.8 Å². The van der Waals surface area contributed by atoms with Gasteiger partial charge in [-0.1, -0.05) is 40.9 Å². The van der Waals surface area contributed by atoms with E-state index in [0.29, 0.717) is 0 Å². The van der Waals surface area contributed by atoms with Gasteiger partial charge < -0.3 is 5.32 Å². The van der Waals surface area contributed by atoms with Gasteiger partial charge in [-0.2, -0.15) is 0 Å². The van der Waals surface area contributed by atoms with Crippen LogP contribution in [0.1, 0.15) is 26.3 Å². The molecular weight excluding hydrogens is 386 g/mol. The van der Waals surface area contributed by atoms with E-state index in [4.69, 9.17) is 0 Å². The molecule has 0 fully saturated rings. The third-order valence-electron chi connectivity index (χ3n) is 2.58. The lowest BCUT2D eigenvalue weighted by Gasteiger charge is -2.20. The van der Waals surface area contributed by atoms with E-state index in [2.05, 4.69) is 70.4 Å². The van der Waals surface area contributed by atoms with Gasteiger partial charge in [-0.05, 0) is 60.7 Å². The van der Waals surface area contributed by atoms with Crippen molar-refractivity contribution < 1.29 is 0 Å². The van der Waals surface area contributed by atoms with Crippen molar-refractivity contribution in [1.29, 1.82) is 0 Å². The minimum atomic E-state index is 0.126. The van der Waals surface area contributed by atoms with Crippen LogP contribution in [0, 0.1) is 0 Å². The first-order valence-corrected chi connectivity index (χ1v) is 10.1. The molecule has 0 saturated carbocycles. The third kappa shape index (κ3) is 5.56. The summed E-state index contributed by atoms with van der Waals surface area (Å²) in [4.78, 5) is 1.17. The summed E-state index contributed by atoms with van der Waals surface area (Å²) in [6.07, 6.45) is 2.02. The molecule has 0 aliphatic carbocycles. The molecule has 3 nitrogen and oxygen atoms in total. The van der Waals surface area contributed by atoms with E-state index in [1.165, 1.54) is 10.5 Å². The lowest BCUT2D eigenvalue weighted by molar-refractivity contribution is 0.424. The minimum Gasteiger partial charge on any atom is -0.308 e. The van der Waals surface area contributed by atoms with E-state index in [-0.39, 0.29) is 5.54 Å². The summed E-state index contributed by atoms with van der Waals surface area (Å²) in [6.45, 7) is 7.38. The van der Waals surface area contributed by atoms with Gasteiger partial charge in [0.1, 0.15) is 0 Å². The first-order valence-electron chi connectivity index (χ1n) is 6.46. The summed E-state index contributed by atoms with van der Waals surface area (Å²) in [5.74, 6) is 0. The van der Waals surface area contributed by atoms with Crippen LogP contribution in [0.3, 0.4) is 0 Å². The summed E-state index contributed by atoms with van der Waals surface area (Å²) in [7, 11) is 0. The number of hydrogen-bond acceptors (Lipinski definition) is 6. The van der Waals surface area contributed by atoms with E-state index < -0.39 is 0 Å². The Morgan fingerprint density at radius 3 is 2.52 bits per heavy atom. The first kappa shape index (κ1) is 17.3. The fourth-order valence-electron chi connectivity index (χ4n) is 1.52. The number of thioether (sulfide) groups is 1. The smallest absolute Gasteiger partial charge is 0.179 e. The number of nitrogens with zero attached hydrogens (tertiary/aromatic N) is 2. The number of aromatic nitrogens is 2. The zero-order valence-corrected chi connectivity index (χ0v) is 16.5. The maximum Gasteiger partial charge on any atom is 0.179 e. The van der Waals surface area contributed by atoms with Gasteiger partial charge in [0, 0.05) is 21.5 Å². The zero-order chi connectivity index (χ0) is 15.5. The molecule has 0 amide bonds. The lowest BCUT2D eigenvalue weighted by Crippen LogP contribution is -2.35. The Kier molecular flexibility index (Phi) is 6.14. The second-order valence-corrected chi connectivity index (χ2v) is 9.68. The standard InChI is InChI=1S/C14H18BrN3S3/c1-14(2,3)16-8-9-5-6-11(10(15)7-9)20-13-18-17-12(19-4)21-13/h5-7,16H,8H2,1-4H3. The molecule has 0 unspecified atom stereocenters. The number of benzene rings is 1.